The van der Waals surface area contributed by atoms with Gasteiger partial charge in [0.2, 0.25) is 0 Å². The molecule has 2 unspecified atom stereocenters. The van der Waals surface area contributed by atoms with Gasteiger partial charge in [-0.2, -0.15) is 30.7 Å². The van der Waals surface area contributed by atoms with Gasteiger partial charge in [-0.25, -0.2) is 0 Å². The van der Waals surface area contributed by atoms with Gasteiger partial charge in [0.15, 0.2) is 6.10 Å². The first kappa shape index (κ1) is 25.7. The van der Waals surface area contributed by atoms with E-state index in [1.807, 2.05) is 0 Å². The van der Waals surface area contributed by atoms with Crippen LogP contribution in [0.15, 0.2) is 54.6 Å². The summed E-state index contributed by atoms with van der Waals surface area (Å²) in [4.78, 5) is 0. The van der Waals surface area contributed by atoms with Crippen LogP contribution in [0.4, 0.5) is 30.7 Å². The summed E-state index contributed by atoms with van der Waals surface area (Å²) in [5, 5.41) is 11.8. The Morgan fingerprint density at radius 2 is 1.56 bits per heavy atom. The van der Waals surface area contributed by atoms with Crippen LogP contribution in [0.2, 0.25) is 0 Å². The molecule has 0 aliphatic carbocycles. The third-order valence-electron chi connectivity index (χ3n) is 4.34. The highest BCUT2D eigenvalue weighted by Gasteiger charge is 2.44. The van der Waals surface area contributed by atoms with Crippen LogP contribution in [0.1, 0.15) is 12.0 Å². The predicted octanol–water partition coefficient (Wildman–Crippen LogP) is 4.82. The topological polar surface area (TPSA) is 50.7 Å². The van der Waals surface area contributed by atoms with Gasteiger partial charge in [0.05, 0.1) is 6.61 Å². The van der Waals surface area contributed by atoms with Crippen LogP contribution in [-0.4, -0.2) is 49.1 Å². The van der Waals surface area contributed by atoms with Crippen LogP contribution >= 0.6 is 0 Å². The fourth-order valence-electron chi connectivity index (χ4n) is 2.73. The smallest absolute Gasteiger partial charge is 0.461 e. The summed E-state index contributed by atoms with van der Waals surface area (Å²) in [6, 6.07) is 13.0. The Balaban J connectivity index is 2.04. The first-order valence-corrected chi connectivity index (χ1v) is 9.57. The molecule has 0 saturated heterocycles. The van der Waals surface area contributed by atoms with Crippen molar-refractivity contribution in [1.29, 1.82) is 0 Å². The number of hydrogen-bond donors (Lipinski definition) is 2. The Bertz CT molecular complexity index is 819. The summed E-state index contributed by atoms with van der Waals surface area (Å²) in [5.41, 5.74) is 0.353. The normalized spacial score (nSPS) is 14.3. The lowest BCUT2D eigenvalue weighted by atomic mass is 10.0. The minimum atomic E-state index is -4.81. The van der Waals surface area contributed by atoms with E-state index in [0.717, 1.165) is 12.1 Å². The molecule has 2 aromatic carbocycles. The summed E-state index contributed by atoms with van der Waals surface area (Å²) in [6.45, 7) is -0.678. The third kappa shape index (κ3) is 8.54. The van der Waals surface area contributed by atoms with Crippen molar-refractivity contribution >= 4 is 0 Å². The van der Waals surface area contributed by atoms with Crippen molar-refractivity contribution in [3.05, 3.63) is 60.2 Å². The number of alkyl halides is 7. The number of ether oxygens (including phenoxy) is 2. The molecule has 2 rings (SSSR count). The van der Waals surface area contributed by atoms with Gasteiger partial charge < -0.3 is 19.9 Å². The first-order chi connectivity index (χ1) is 15.0. The van der Waals surface area contributed by atoms with Gasteiger partial charge in [0.1, 0.15) is 11.5 Å². The molecule has 0 heterocycles. The van der Waals surface area contributed by atoms with Crippen molar-refractivity contribution in [2.24, 2.45) is 0 Å². The van der Waals surface area contributed by atoms with Crippen LogP contribution in [0.25, 0.3) is 0 Å². The molecule has 0 spiro atoms. The largest absolute Gasteiger partial charge is 0.494 e. The van der Waals surface area contributed by atoms with Crippen LogP contribution in [0.5, 0.6) is 11.5 Å². The number of halogens is 7. The Kier molecular flexibility index (Phi) is 9.14. The van der Waals surface area contributed by atoms with E-state index in [0.29, 0.717) is 11.3 Å². The summed E-state index contributed by atoms with van der Waals surface area (Å²) in [5.74, 6) is 0.0358. The monoisotopic (exact) mass is 469 g/mol. The van der Waals surface area contributed by atoms with Crippen molar-refractivity contribution < 1.29 is 45.3 Å². The van der Waals surface area contributed by atoms with Gasteiger partial charge in [-0.15, -0.1) is 0 Å². The van der Waals surface area contributed by atoms with Crippen molar-refractivity contribution in [3.63, 3.8) is 0 Å². The molecule has 2 atom stereocenters. The Labute approximate surface area is 180 Å². The molecule has 0 radical (unpaired) electrons. The maximum atomic E-state index is 13.1. The van der Waals surface area contributed by atoms with Crippen LogP contribution in [0.3, 0.4) is 0 Å². The van der Waals surface area contributed by atoms with E-state index in [1.54, 1.807) is 30.3 Å². The van der Waals surface area contributed by atoms with E-state index in [9.17, 15) is 35.8 Å². The molecular weight excluding hydrogens is 447 g/mol. The Morgan fingerprint density at radius 3 is 2.19 bits per heavy atom. The summed E-state index contributed by atoms with van der Waals surface area (Å²) in [7, 11) is 0. The fraction of sp³-hybridized carbons (Fsp3) is 0.429. The molecule has 0 aromatic heterocycles. The maximum absolute atomic E-state index is 13.1. The molecule has 2 aromatic rings. The second kappa shape index (κ2) is 11.4. The fourth-order valence-corrected chi connectivity index (χ4v) is 2.73. The van der Waals surface area contributed by atoms with E-state index in [1.165, 1.54) is 12.1 Å². The average Bonchev–Trinajstić information content (AvgIpc) is 2.71. The number of nitrogens with one attached hydrogen (secondary N) is 1. The molecule has 4 nitrogen and oxygen atoms in total. The number of rotatable bonds is 12. The van der Waals surface area contributed by atoms with Crippen LogP contribution < -0.4 is 14.8 Å². The van der Waals surface area contributed by atoms with Gasteiger partial charge in [-0.05, 0) is 42.7 Å². The number of para-hydroxylation sites is 1. The lowest BCUT2D eigenvalue weighted by Gasteiger charge is -2.23. The Hall–Kier alpha value is -2.53. The molecule has 0 aliphatic heterocycles. The minimum Gasteiger partial charge on any atom is -0.494 e. The zero-order chi connectivity index (χ0) is 23.8. The molecule has 11 heteroatoms. The predicted molar refractivity (Wildman–Crippen MR) is 102 cm³/mol. The van der Waals surface area contributed by atoms with Crippen molar-refractivity contribution in [1.82, 2.24) is 5.32 Å². The van der Waals surface area contributed by atoms with Gasteiger partial charge in [0, 0.05) is 12.6 Å². The Morgan fingerprint density at radius 1 is 0.906 bits per heavy atom. The zero-order valence-corrected chi connectivity index (χ0v) is 16.7. The van der Waals surface area contributed by atoms with E-state index < -0.39 is 43.2 Å². The highest BCUT2D eigenvalue weighted by molar-refractivity contribution is 5.29. The minimum absolute atomic E-state index is 0.0418. The average molecular weight is 469 g/mol. The molecule has 0 aliphatic rings. The molecule has 178 valence electrons. The molecule has 0 fully saturated rings. The molecule has 0 saturated carbocycles. The second-order valence-electron chi connectivity index (χ2n) is 6.93. The van der Waals surface area contributed by atoms with E-state index in [2.05, 4.69) is 10.1 Å². The summed E-state index contributed by atoms with van der Waals surface area (Å²) in [6.07, 6.45) is -15.9. The van der Waals surface area contributed by atoms with Gasteiger partial charge in [-0.1, -0.05) is 30.3 Å². The van der Waals surface area contributed by atoms with Crippen molar-refractivity contribution in [2.75, 3.05) is 13.2 Å². The molecule has 32 heavy (non-hydrogen) atoms. The van der Waals surface area contributed by atoms with E-state index in [4.69, 9.17) is 4.74 Å². The highest BCUT2D eigenvalue weighted by Crippen LogP contribution is 2.28. The maximum Gasteiger partial charge on any atom is 0.461 e. The number of hydrogen-bond acceptors (Lipinski definition) is 4. The number of aliphatic hydroxyl groups excluding tert-OH is 1. The number of aliphatic hydroxyl groups is 1. The first-order valence-electron chi connectivity index (χ1n) is 9.57. The molecule has 2 N–H and O–H groups in total. The SMILES string of the molecule is OC(CNC(CCOc1ccccc1)Cc1cccc(OC(F)(F)C(F)F)c1)C(F)(F)F. The second-order valence-corrected chi connectivity index (χ2v) is 6.93. The van der Waals surface area contributed by atoms with Crippen molar-refractivity contribution in [3.8, 4) is 11.5 Å². The standard InChI is InChI=1S/C21H22F7NO3/c22-19(23)21(27,28)32-17-8-4-5-14(12-17)11-15(29-13-18(30)20(24,25)26)9-10-31-16-6-2-1-3-7-16/h1-8,12,15,18-19,29-30H,9-11,13H2. The third-order valence-corrected chi connectivity index (χ3v) is 4.34. The van der Waals surface area contributed by atoms with E-state index in [-0.39, 0.29) is 19.4 Å². The van der Waals surface area contributed by atoms with Crippen LogP contribution in [0, 0.1) is 0 Å². The molecule has 0 amide bonds. The van der Waals surface area contributed by atoms with Gasteiger partial charge in [-0.3, -0.25) is 0 Å². The lowest BCUT2D eigenvalue weighted by Crippen LogP contribution is -2.43. The van der Waals surface area contributed by atoms with Crippen LogP contribution in [-0.2, 0) is 6.42 Å². The molecule has 0 bridgehead atoms. The van der Waals surface area contributed by atoms with Gasteiger partial charge >= 0.3 is 18.7 Å². The van der Waals surface area contributed by atoms with Gasteiger partial charge in [0.25, 0.3) is 0 Å². The lowest BCUT2D eigenvalue weighted by molar-refractivity contribution is -0.253. The quantitative estimate of drug-likeness (QED) is 0.438. The van der Waals surface area contributed by atoms with E-state index >= 15 is 0 Å². The zero-order valence-electron chi connectivity index (χ0n) is 16.7. The highest BCUT2D eigenvalue weighted by atomic mass is 19.4. The molecular formula is C21H22F7NO3. The number of benzene rings is 2. The van der Waals surface area contributed by atoms with Crippen molar-refractivity contribution in [2.45, 2.75) is 43.7 Å². The summed E-state index contributed by atoms with van der Waals surface area (Å²) < 4.78 is 98.4. The summed E-state index contributed by atoms with van der Waals surface area (Å²) >= 11 is 0.